The molecule has 0 aliphatic carbocycles. The van der Waals surface area contributed by atoms with Gasteiger partial charge in [-0.3, -0.25) is 4.79 Å². The van der Waals surface area contributed by atoms with Crippen LogP contribution in [0.4, 0.5) is 0 Å². The van der Waals surface area contributed by atoms with E-state index in [1.54, 1.807) is 0 Å². The lowest BCUT2D eigenvalue weighted by Gasteiger charge is -2.30. The van der Waals surface area contributed by atoms with Crippen LogP contribution in [0.5, 0.6) is 0 Å². The maximum absolute atomic E-state index is 11.7. The van der Waals surface area contributed by atoms with E-state index in [4.69, 9.17) is 4.74 Å². The number of aromatic amines is 1. The predicted octanol–water partition coefficient (Wildman–Crippen LogP) is 1.47. The zero-order chi connectivity index (χ0) is 11.5. The lowest BCUT2D eigenvalue weighted by molar-refractivity contribution is -0.152. The summed E-state index contributed by atoms with van der Waals surface area (Å²) in [4.78, 5) is 14.6. The molecule has 1 heterocycles. The molecular weight excluding hydrogens is 192 g/mol. The fourth-order valence-electron chi connectivity index (χ4n) is 1.84. The van der Waals surface area contributed by atoms with Crippen molar-refractivity contribution in [2.24, 2.45) is 5.41 Å². The highest BCUT2D eigenvalue weighted by Crippen LogP contribution is 2.33. The fourth-order valence-corrected chi connectivity index (χ4v) is 1.84. The van der Waals surface area contributed by atoms with Crippen LogP contribution in [0.25, 0.3) is 0 Å². The van der Waals surface area contributed by atoms with Crippen molar-refractivity contribution in [3.05, 3.63) is 24.0 Å². The van der Waals surface area contributed by atoms with Crippen LogP contribution in [-0.2, 0) is 9.53 Å². The summed E-state index contributed by atoms with van der Waals surface area (Å²) < 4.78 is 4.81. The van der Waals surface area contributed by atoms with Gasteiger partial charge in [-0.1, -0.05) is 0 Å². The van der Waals surface area contributed by atoms with E-state index in [0.717, 1.165) is 5.56 Å². The molecule has 0 aliphatic rings. The van der Waals surface area contributed by atoms with Crippen molar-refractivity contribution >= 4 is 5.97 Å². The highest BCUT2D eigenvalue weighted by Gasteiger charge is 2.38. The molecule has 0 amide bonds. The van der Waals surface area contributed by atoms with E-state index >= 15 is 0 Å². The van der Waals surface area contributed by atoms with Gasteiger partial charge >= 0.3 is 5.97 Å². The molecule has 1 rings (SSSR count). The molecule has 15 heavy (non-hydrogen) atoms. The van der Waals surface area contributed by atoms with Crippen molar-refractivity contribution in [1.82, 2.24) is 10.3 Å². The Balaban J connectivity index is 2.97. The molecule has 0 bridgehead atoms. The van der Waals surface area contributed by atoms with E-state index in [1.165, 1.54) is 7.11 Å². The molecule has 1 aromatic rings. The first-order chi connectivity index (χ1) is 7.04. The van der Waals surface area contributed by atoms with Gasteiger partial charge in [0.1, 0.15) is 0 Å². The molecule has 0 aromatic carbocycles. The zero-order valence-corrected chi connectivity index (χ0v) is 9.63. The first-order valence-electron chi connectivity index (χ1n) is 4.92. The molecule has 2 N–H and O–H groups in total. The van der Waals surface area contributed by atoms with Crippen molar-refractivity contribution in [1.29, 1.82) is 0 Å². The van der Waals surface area contributed by atoms with Crippen molar-refractivity contribution in [2.75, 3.05) is 14.2 Å². The first kappa shape index (κ1) is 11.8. The second-order valence-electron chi connectivity index (χ2n) is 4.08. The standard InChI is InChI=1S/C11H18N2O2/c1-11(2,10(14)15-4)9(12-3)8-5-6-13-7-8/h5-7,9,12-13H,1-4H3. The number of methoxy groups -OCH3 is 1. The number of nitrogens with one attached hydrogen (secondary N) is 2. The molecule has 0 aliphatic heterocycles. The van der Waals surface area contributed by atoms with E-state index in [1.807, 2.05) is 39.4 Å². The summed E-state index contributed by atoms with van der Waals surface area (Å²) in [7, 11) is 3.25. The molecule has 0 fully saturated rings. The third-order valence-corrected chi connectivity index (χ3v) is 2.68. The molecule has 4 heteroatoms. The monoisotopic (exact) mass is 210 g/mol. The Hall–Kier alpha value is -1.29. The molecular formula is C11H18N2O2. The summed E-state index contributed by atoms with van der Waals surface area (Å²) in [6.45, 7) is 3.74. The van der Waals surface area contributed by atoms with Gasteiger partial charge < -0.3 is 15.0 Å². The second-order valence-corrected chi connectivity index (χ2v) is 4.08. The van der Waals surface area contributed by atoms with Gasteiger partial charge in [0.2, 0.25) is 0 Å². The number of ether oxygens (including phenoxy) is 1. The van der Waals surface area contributed by atoms with E-state index in [0.29, 0.717) is 0 Å². The minimum Gasteiger partial charge on any atom is -0.469 e. The van der Waals surface area contributed by atoms with Gasteiger partial charge in [0.25, 0.3) is 0 Å². The summed E-state index contributed by atoms with van der Waals surface area (Å²) in [6, 6.07) is 1.89. The number of H-pyrrole nitrogens is 1. The summed E-state index contributed by atoms with van der Waals surface area (Å²) in [6.07, 6.45) is 3.72. The highest BCUT2D eigenvalue weighted by molar-refractivity contribution is 5.77. The molecule has 4 nitrogen and oxygen atoms in total. The van der Waals surface area contributed by atoms with Crippen LogP contribution in [0.1, 0.15) is 25.5 Å². The maximum Gasteiger partial charge on any atom is 0.313 e. The highest BCUT2D eigenvalue weighted by atomic mass is 16.5. The van der Waals surface area contributed by atoms with E-state index < -0.39 is 5.41 Å². The van der Waals surface area contributed by atoms with Crippen LogP contribution >= 0.6 is 0 Å². The Kier molecular flexibility index (Phi) is 3.52. The minimum absolute atomic E-state index is 0.0591. The Morgan fingerprint density at radius 1 is 1.60 bits per heavy atom. The summed E-state index contributed by atoms with van der Waals surface area (Å²) in [5, 5.41) is 3.14. The van der Waals surface area contributed by atoms with Gasteiger partial charge in [0.15, 0.2) is 0 Å². The van der Waals surface area contributed by atoms with Crippen LogP contribution in [0.15, 0.2) is 18.5 Å². The van der Waals surface area contributed by atoms with Gasteiger partial charge in [0.05, 0.1) is 12.5 Å². The Bertz CT molecular complexity index is 317. The number of carbonyl (C=O) groups excluding carboxylic acids is 1. The quantitative estimate of drug-likeness (QED) is 0.740. The molecule has 1 unspecified atom stereocenters. The third kappa shape index (κ3) is 2.21. The smallest absolute Gasteiger partial charge is 0.313 e. The van der Waals surface area contributed by atoms with Crippen LogP contribution in [0.2, 0.25) is 0 Å². The van der Waals surface area contributed by atoms with Gasteiger partial charge in [0, 0.05) is 18.4 Å². The van der Waals surface area contributed by atoms with Crippen LogP contribution < -0.4 is 5.32 Å². The lowest BCUT2D eigenvalue weighted by atomic mass is 9.81. The Morgan fingerprint density at radius 2 is 2.27 bits per heavy atom. The molecule has 0 saturated carbocycles. The zero-order valence-electron chi connectivity index (χ0n) is 9.63. The van der Waals surface area contributed by atoms with Crippen molar-refractivity contribution < 1.29 is 9.53 Å². The molecule has 0 saturated heterocycles. The number of esters is 1. The normalized spacial score (nSPS) is 13.6. The number of hydrogen-bond acceptors (Lipinski definition) is 3. The van der Waals surface area contributed by atoms with E-state index in [2.05, 4.69) is 10.3 Å². The second kappa shape index (κ2) is 4.49. The summed E-state index contributed by atoms with van der Waals surface area (Å²) in [5.74, 6) is -0.219. The van der Waals surface area contributed by atoms with Crippen molar-refractivity contribution in [3.63, 3.8) is 0 Å². The summed E-state index contributed by atoms with van der Waals surface area (Å²) in [5.41, 5.74) is 0.457. The average Bonchev–Trinajstić information content (AvgIpc) is 2.70. The third-order valence-electron chi connectivity index (χ3n) is 2.68. The number of carbonyl (C=O) groups is 1. The van der Waals surface area contributed by atoms with Gasteiger partial charge in [-0.05, 0) is 32.5 Å². The Morgan fingerprint density at radius 3 is 2.67 bits per heavy atom. The molecule has 84 valence electrons. The molecule has 0 spiro atoms. The largest absolute Gasteiger partial charge is 0.469 e. The van der Waals surface area contributed by atoms with Gasteiger partial charge in [-0.15, -0.1) is 0 Å². The maximum atomic E-state index is 11.7. The first-order valence-corrected chi connectivity index (χ1v) is 4.92. The average molecular weight is 210 g/mol. The van der Waals surface area contributed by atoms with Gasteiger partial charge in [-0.25, -0.2) is 0 Å². The lowest BCUT2D eigenvalue weighted by Crippen LogP contribution is -2.38. The van der Waals surface area contributed by atoms with Gasteiger partial charge in [-0.2, -0.15) is 0 Å². The molecule has 0 radical (unpaired) electrons. The van der Waals surface area contributed by atoms with Crippen LogP contribution in [0.3, 0.4) is 0 Å². The molecule has 1 aromatic heterocycles. The van der Waals surface area contributed by atoms with Crippen molar-refractivity contribution in [2.45, 2.75) is 19.9 Å². The number of hydrogen-bond donors (Lipinski definition) is 2. The van der Waals surface area contributed by atoms with E-state index in [-0.39, 0.29) is 12.0 Å². The predicted molar refractivity (Wildman–Crippen MR) is 58.4 cm³/mol. The summed E-state index contributed by atoms with van der Waals surface area (Å²) >= 11 is 0. The van der Waals surface area contributed by atoms with Crippen LogP contribution in [0, 0.1) is 5.41 Å². The SMILES string of the molecule is CNC(c1cc[nH]c1)C(C)(C)C(=O)OC. The van der Waals surface area contributed by atoms with Crippen LogP contribution in [-0.4, -0.2) is 25.1 Å². The number of rotatable bonds is 4. The Labute approximate surface area is 90.0 Å². The number of aromatic nitrogens is 1. The molecule has 1 atom stereocenters. The van der Waals surface area contributed by atoms with E-state index in [9.17, 15) is 4.79 Å². The minimum atomic E-state index is -0.592. The van der Waals surface area contributed by atoms with Crippen molar-refractivity contribution in [3.8, 4) is 0 Å². The topological polar surface area (TPSA) is 54.1 Å². The fraction of sp³-hybridized carbons (Fsp3) is 0.545.